The molecule has 1 amide bonds. The van der Waals surface area contributed by atoms with E-state index in [4.69, 9.17) is 10.9 Å². The van der Waals surface area contributed by atoms with Crippen LogP contribution in [0, 0.1) is 6.92 Å². The maximum absolute atomic E-state index is 12.0. The molecular formula is C10H19N5O3S. The van der Waals surface area contributed by atoms with Crippen molar-refractivity contribution >= 4 is 21.6 Å². The van der Waals surface area contributed by atoms with Crippen molar-refractivity contribution in [2.75, 3.05) is 18.0 Å². The first-order valence-electron chi connectivity index (χ1n) is 5.87. The number of primary sulfonamides is 1. The standard InChI is InChI=1S/C10H19N5O3S/c1-3-15-9(8(11)7(2)14-15)10(16)13-5-4-6-19(12,17)18/h3-6,11H2,1-2H3,(H,13,16)(H2,12,17,18). The summed E-state index contributed by atoms with van der Waals surface area (Å²) in [7, 11) is -3.50. The normalized spacial score (nSPS) is 11.5. The third-order valence-electron chi connectivity index (χ3n) is 2.58. The first-order valence-corrected chi connectivity index (χ1v) is 7.59. The minimum Gasteiger partial charge on any atom is -0.395 e. The molecule has 0 aliphatic carbocycles. The minimum absolute atomic E-state index is 0.172. The Morgan fingerprint density at radius 1 is 1.47 bits per heavy atom. The third kappa shape index (κ3) is 4.21. The molecule has 0 unspecified atom stereocenters. The summed E-state index contributed by atoms with van der Waals surface area (Å²) in [5.74, 6) is -0.538. The van der Waals surface area contributed by atoms with Gasteiger partial charge in [0.05, 0.1) is 17.1 Å². The number of carbonyl (C=O) groups is 1. The summed E-state index contributed by atoms with van der Waals surface area (Å²) >= 11 is 0. The molecule has 5 N–H and O–H groups in total. The lowest BCUT2D eigenvalue weighted by Crippen LogP contribution is -2.29. The van der Waals surface area contributed by atoms with Crippen LogP contribution in [0.4, 0.5) is 5.69 Å². The molecule has 8 nitrogen and oxygen atoms in total. The Bertz CT molecular complexity index is 564. The summed E-state index contributed by atoms with van der Waals surface area (Å²) < 4.78 is 23.0. The van der Waals surface area contributed by atoms with Gasteiger partial charge in [0, 0.05) is 13.1 Å². The second-order valence-electron chi connectivity index (χ2n) is 4.14. The van der Waals surface area contributed by atoms with Crippen molar-refractivity contribution in [3.63, 3.8) is 0 Å². The van der Waals surface area contributed by atoms with E-state index in [-0.39, 0.29) is 24.6 Å². The summed E-state index contributed by atoms with van der Waals surface area (Å²) in [6.07, 6.45) is 0.254. The molecule has 0 fully saturated rings. The Kier molecular flexibility index (Phi) is 4.90. The van der Waals surface area contributed by atoms with Crippen LogP contribution in [-0.2, 0) is 16.6 Å². The SMILES string of the molecule is CCn1nc(C)c(N)c1C(=O)NCCCS(N)(=O)=O. The zero-order valence-corrected chi connectivity index (χ0v) is 11.8. The zero-order valence-electron chi connectivity index (χ0n) is 11.0. The number of hydrogen-bond acceptors (Lipinski definition) is 5. The zero-order chi connectivity index (χ0) is 14.6. The van der Waals surface area contributed by atoms with E-state index in [0.717, 1.165) is 0 Å². The third-order valence-corrected chi connectivity index (χ3v) is 3.44. The molecule has 108 valence electrons. The molecule has 0 bridgehead atoms. The highest BCUT2D eigenvalue weighted by Gasteiger charge is 2.18. The second kappa shape index (κ2) is 6.02. The predicted octanol–water partition coefficient (Wildman–Crippen LogP) is -0.798. The van der Waals surface area contributed by atoms with E-state index < -0.39 is 10.0 Å². The van der Waals surface area contributed by atoms with E-state index >= 15 is 0 Å². The number of amides is 1. The largest absolute Gasteiger partial charge is 0.395 e. The van der Waals surface area contributed by atoms with Crippen LogP contribution in [-0.4, -0.2) is 36.4 Å². The van der Waals surface area contributed by atoms with Gasteiger partial charge in [0.2, 0.25) is 10.0 Å². The lowest BCUT2D eigenvalue weighted by Gasteiger charge is -2.07. The molecule has 19 heavy (non-hydrogen) atoms. The van der Waals surface area contributed by atoms with E-state index in [1.807, 2.05) is 6.92 Å². The van der Waals surface area contributed by atoms with Gasteiger partial charge in [-0.15, -0.1) is 0 Å². The fraction of sp³-hybridized carbons (Fsp3) is 0.600. The fourth-order valence-corrected chi connectivity index (χ4v) is 2.17. The number of aryl methyl sites for hydroxylation is 2. The number of aromatic nitrogens is 2. The lowest BCUT2D eigenvalue weighted by atomic mass is 10.3. The van der Waals surface area contributed by atoms with Gasteiger partial charge in [-0.1, -0.05) is 0 Å². The van der Waals surface area contributed by atoms with Gasteiger partial charge in [-0.05, 0) is 20.3 Å². The molecule has 9 heteroatoms. The van der Waals surface area contributed by atoms with Crippen molar-refractivity contribution < 1.29 is 13.2 Å². The Morgan fingerprint density at radius 2 is 2.11 bits per heavy atom. The minimum atomic E-state index is -3.50. The molecular weight excluding hydrogens is 270 g/mol. The van der Waals surface area contributed by atoms with Gasteiger partial charge in [0.25, 0.3) is 5.91 Å². The number of nitrogen functional groups attached to an aromatic ring is 1. The van der Waals surface area contributed by atoms with Crippen LogP contribution in [0.3, 0.4) is 0 Å². The van der Waals surface area contributed by atoms with E-state index in [2.05, 4.69) is 10.4 Å². The van der Waals surface area contributed by atoms with Crippen LogP contribution >= 0.6 is 0 Å². The molecule has 0 saturated carbocycles. The fourth-order valence-electron chi connectivity index (χ4n) is 1.62. The Labute approximate surface area is 112 Å². The lowest BCUT2D eigenvalue weighted by molar-refractivity contribution is 0.0944. The topological polar surface area (TPSA) is 133 Å². The van der Waals surface area contributed by atoms with Crippen LogP contribution in [0.5, 0.6) is 0 Å². The first kappa shape index (κ1) is 15.4. The number of nitrogens with one attached hydrogen (secondary N) is 1. The van der Waals surface area contributed by atoms with Gasteiger partial charge in [-0.3, -0.25) is 9.48 Å². The maximum atomic E-state index is 12.0. The van der Waals surface area contributed by atoms with Crippen LogP contribution in [0.15, 0.2) is 0 Å². The average Bonchev–Trinajstić information content (AvgIpc) is 2.59. The molecule has 1 heterocycles. The summed E-state index contributed by atoms with van der Waals surface area (Å²) in [6.45, 7) is 4.31. The predicted molar refractivity (Wildman–Crippen MR) is 72.0 cm³/mol. The van der Waals surface area contributed by atoms with E-state index in [1.165, 1.54) is 4.68 Å². The quantitative estimate of drug-likeness (QED) is 0.590. The van der Waals surface area contributed by atoms with Crippen molar-refractivity contribution in [2.24, 2.45) is 5.14 Å². The van der Waals surface area contributed by atoms with Gasteiger partial charge in [-0.25, -0.2) is 13.6 Å². The molecule has 0 radical (unpaired) electrons. The number of hydrogen-bond donors (Lipinski definition) is 3. The Balaban J connectivity index is 2.64. The molecule has 1 rings (SSSR count). The molecule has 1 aromatic rings. The molecule has 0 atom stereocenters. The van der Waals surface area contributed by atoms with Crippen LogP contribution < -0.4 is 16.2 Å². The maximum Gasteiger partial charge on any atom is 0.271 e. The molecule has 0 aromatic carbocycles. The molecule has 1 aromatic heterocycles. The number of carbonyl (C=O) groups excluding carboxylic acids is 1. The highest BCUT2D eigenvalue weighted by molar-refractivity contribution is 7.89. The van der Waals surface area contributed by atoms with Crippen molar-refractivity contribution in [2.45, 2.75) is 26.8 Å². The number of nitrogens with zero attached hydrogens (tertiary/aromatic N) is 2. The van der Waals surface area contributed by atoms with Crippen molar-refractivity contribution in [3.8, 4) is 0 Å². The van der Waals surface area contributed by atoms with E-state index in [9.17, 15) is 13.2 Å². The number of nitrogens with two attached hydrogens (primary N) is 2. The first-order chi connectivity index (χ1) is 8.76. The van der Waals surface area contributed by atoms with Crippen molar-refractivity contribution in [3.05, 3.63) is 11.4 Å². The van der Waals surface area contributed by atoms with Gasteiger partial charge in [0.1, 0.15) is 5.69 Å². The highest BCUT2D eigenvalue weighted by atomic mass is 32.2. The van der Waals surface area contributed by atoms with Crippen LogP contribution in [0.2, 0.25) is 0 Å². The van der Waals surface area contributed by atoms with Crippen molar-refractivity contribution in [1.29, 1.82) is 0 Å². The molecule has 0 aliphatic rings. The Morgan fingerprint density at radius 3 is 2.63 bits per heavy atom. The van der Waals surface area contributed by atoms with Crippen LogP contribution in [0.25, 0.3) is 0 Å². The van der Waals surface area contributed by atoms with E-state index in [1.54, 1.807) is 6.92 Å². The van der Waals surface area contributed by atoms with Gasteiger partial charge >= 0.3 is 0 Å². The summed E-state index contributed by atoms with van der Waals surface area (Å²) in [5.41, 5.74) is 7.03. The van der Waals surface area contributed by atoms with Crippen LogP contribution in [0.1, 0.15) is 29.5 Å². The number of sulfonamides is 1. The summed E-state index contributed by atoms with van der Waals surface area (Å²) in [6, 6.07) is 0. The van der Waals surface area contributed by atoms with Gasteiger partial charge in [0.15, 0.2) is 0 Å². The molecule has 0 aliphatic heterocycles. The summed E-state index contributed by atoms with van der Waals surface area (Å²) in [4.78, 5) is 12.0. The molecule has 0 saturated heterocycles. The second-order valence-corrected chi connectivity index (χ2v) is 5.87. The summed E-state index contributed by atoms with van der Waals surface area (Å²) in [5, 5.41) is 11.6. The average molecular weight is 289 g/mol. The highest BCUT2D eigenvalue weighted by Crippen LogP contribution is 2.15. The van der Waals surface area contributed by atoms with E-state index in [0.29, 0.717) is 23.6 Å². The Hall–Kier alpha value is -1.61. The van der Waals surface area contributed by atoms with Gasteiger partial charge < -0.3 is 11.1 Å². The van der Waals surface area contributed by atoms with Crippen molar-refractivity contribution in [1.82, 2.24) is 15.1 Å². The smallest absolute Gasteiger partial charge is 0.271 e. The van der Waals surface area contributed by atoms with Gasteiger partial charge in [-0.2, -0.15) is 5.10 Å². The molecule has 0 spiro atoms. The number of anilines is 1. The monoisotopic (exact) mass is 289 g/mol. The number of rotatable bonds is 6.